The Morgan fingerprint density at radius 1 is 1.25 bits per heavy atom. The van der Waals surface area contributed by atoms with E-state index in [0.717, 1.165) is 38.5 Å². The maximum atomic E-state index is 12.9. The van der Waals surface area contributed by atoms with Crippen LogP contribution in [-0.4, -0.2) is 53.8 Å². The van der Waals surface area contributed by atoms with Crippen LogP contribution in [0, 0.1) is 5.92 Å². The van der Waals surface area contributed by atoms with Crippen molar-refractivity contribution >= 4 is 35.0 Å². The van der Waals surface area contributed by atoms with Crippen LogP contribution in [0.5, 0.6) is 0 Å². The first-order chi connectivity index (χ1) is 13.5. The van der Waals surface area contributed by atoms with E-state index in [1.807, 2.05) is 0 Å². The SMILES string of the molecule is CCCCN(CC(=O)N1CC(=O)N(c2cccc(Cl)c2)C1)C(=O)C1CCCC1. The molecule has 1 aliphatic carbocycles. The van der Waals surface area contributed by atoms with Crippen LogP contribution < -0.4 is 4.90 Å². The standard InChI is InChI=1S/C21H28ClN3O3/c1-2-3-11-23(21(28)16-7-4-5-8-16)13-19(26)24-14-20(27)25(15-24)18-10-6-9-17(22)12-18/h6,9-10,12,16H,2-5,7-8,11,13-15H2,1H3. The molecule has 28 heavy (non-hydrogen) atoms. The molecule has 0 aromatic heterocycles. The molecule has 2 fully saturated rings. The van der Waals surface area contributed by atoms with Gasteiger partial charge in [-0.2, -0.15) is 0 Å². The van der Waals surface area contributed by atoms with E-state index in [1.165, 1.54) is 4.90 Å². The second-order valence-corrected chi connectivity index (χ2v) is 8.07. The molecule has 6 nitrogen and oxygen atoms in total. The van der Waals surface area contributed by atoms with Gasteiger partial charge in [-0.1, -0.05) is 43.9 Å². The summed E-state index contributed by atoms with van der Waals surface area (Å²) in [6, 6.07) is 7.04. The van der Waals surface area contributed by atoms with Crippen LogP contribution in [0.15, 0.2) is 24.3 Å². The molecule has 0 spiro atoms. The molecule has 152 valence electrons. The monoisotopic (exact) mass is 405 g/mol. The van der Waals surface area contributed by atoms with Gasteiger partial charge in [0, 0.05) is 23.2 Å². The normalized spacial score (nSPS) is 17.4. The summed E-state index contributed by atoms with van der Waals surface area (Å²) in [4.78, 5) is 42.9. The van der Waals surface area contributed by atoms with E-state index in [0.29, 0.717) is 17.3 Å². The molecule has 1 aromatic carbocycles. The summed E-state index contributed by atoms with van der Waals surface area (Å²) in [6.45, 7) is 2.94. The van der Waals surface area contributed by atoms with Gasteiger partial charge in [0.1, 0.15) is 13.2 Å². The van der Waals surface area contributed by atoms with Crippen molar-refractivity contribution in [3.05, 3.63) is 29.3 Å². The number of anilines is 1. The third-order valence-electron chi connectivity index (χ3n) is 5.54. The predicted molar refractivity (Wildman–Crippen MR) is 109 cm³/mol. The van der Waals surface area contributed by atoms with Crippen LogP contribution in [0.3, 0.4) is 0 Å². The number of halogens is 1. The van der Waals surface area contributed by atoms with Crippen molar-refractivity contribution in [2.75, 3.05) is 31.2 Å². The van der Waals surface area contributed by atoms with Crippen molar-refractivity contribution in [3.63, 3.8) is 0 Å². The number of hydrogen-bond donors (Lipinski definition) is 0. The topological polar surface area (TPSA) is 60.9 Å². The van der Waals surface area contributed by atoms with Crippen LogP contribution in [0.2, 0.25) is 5.02 Å². The van der Waals surface area contributed by atoms with E-state index < -0.39 is 0 Å². The first kappa shape index (κ1) is 20.6. The van der Waals surface area contributed by atoms with Crippen molar-refractivity contribution < 1.29 is 14.4 Å². The van der Waals surface area contributed by atoms with E-state index >= 15 is 0 Å². The summed E-state index contributed by atoms with van der Waals surface area (Å²) in [5, 5.41) is 0.544. The molecule has 1 saturated heterocycles. The second kappa shape index (κ2) is 9.41. The van der Waals surface area contributed by atoms with Gasteiger partial charge in [0.05, 0.1) is 6.54 Å². The molecule has 0 unspecified atom stereocenters. The molecule has 0 bridgehead atoms. The number of nitrogens with zero attached hydrogens (tertiary/aromatic N) is 3. The van der Waals surface area contributed by atoms with Crippen molar-refractivity contribution in [1.82, 2.24) is 9.80 Å². The van der Waals surface area contributed by atoms with Gasteiger partial charge in [-0.15, -0.1) is 0 Å². The first-order valence-corrected chi connectivity index (χ1v) is 10.5. The molecule has 0 radical (unpaired) electrons. The lowest BCUT2D eigenvalue weighted by Gasteiger charge is -2.27. The highest BCUT2D eigenvalue weighted by atomic mass is 35.5. The minimum Gasteiger partial charge on any atom is -0.333 e. The molecule has 3 amide bonds. The van der Waals surface area contributed by atoms with Gasteiger partial charge in [0.2, 0.25) is 17.7 Å². The summed E-state index contributed by atoms with van der Waals surface area (Å²) in [5.41, 5.74) is 0.678. The van der Waals surface area contributed by atoms with Crippen molar-refractivity contribution in [3.8, 4) is 0 Å². The Hall–Kier alpha value is -2.08. The molecular weight excluding hydrogens is 378 g/mol. The van der Waals surface area contributed by atoms with Gasteiger partial charge in [-0.05, 0) is 37.5 Å². The minimum atomic E-state index is -0.180. The highest BCUT2D eigenvalue weighted by Crippen LogP contribution is 2.27. The Morgan fingerprint density at radius 3 is 2.68 bits per heavy atom. The molecule has 1 aromatic rings. The Labute approximate surface area is 171 Å². The highest BCUT2D eigenvalue weighted by Gasteiger charge is 2.34. The summed E-state index contributed by atoms with van der Waals surface area (Å²) in [5.74, 6) is -0.178. The van der Waals surface area contributed by atoms with Gasteiger partial charge in [0.25, 0.3) is 0 Å². The molecule has 3 rings (SSSR count). The summed E-state index contributed by atoms with van der Waals surface area (Å²) < 4.78 is 0. The lowest BCUT2D eigenvalue weighted by atomic mass is 10.1. The Kier molecular flexibility index (Phi) is 6.94. The number of benzene rings is 1. The number of hydrogen-bond acceptors (Lipinski definition) is 3. The Balaban J connectivity index is 1.64. The number of unbranched alkanes of at least 4 members (excludes halogenated alkanes) is 1. The van der Waals surface area contributed by atoms with Crippen molar-refractivity contribution in [1.29, 1.82) is 0 Å². The number of amides is 3. The molecule has 7 heteroatoms. The third-order valence-corrected chi connectivity index (χ3v) is 5.77. The predicted octanol–water partition coefficient (Wildman–Crippen LogP) is 3.29. The van der Waals surface area contributed by atoms with Gasteiger partial charge < -0.3 is 9.80 Å². The van der Waals surface area contributed by atoms with Crippen LogP contribution in [0.25, 0.3) is 0 Å². The lowest BCUT2D eigenvalue weighted by Crippen LogP contribution is -2.44. The quantitative estimate of drug-likeness (QED) is 0.699. The fraction of sp³-hybridized carbons (Fsp3) is 0.571. The Bertz CT molecular complexity index is 733. The summed E-state index contributed by atoms with van der Waals surface area (Å²) in [6.07, 6.45) is 5.84. The highest BCUT2D eigenvalue weighted by molar-refractivity contribution is 6.31. The number of carbonyl (C=O) groups excluding carboxylic acids is 3. The molecule has 1 heterocycles. The minimum absolute atomic E-state index is 0.0323. The second-order valence-electron chi connectivity index (χ2n) is 7.63. The number of carbonyl (C=O) groups is 3. The molecule has 0 N–H and O–H groups in total. The van der Waals surface area contributed by atoms with E-state index in [9.17, 15) is 14.4 Å². The maximum Gasteiger partial charge on any atom is 0.248 e. The van der Waals surface area contributed by atoms with Crippen LogP contribution >= 0.6 is 11.6 Å². The fourth-order valence-electron chi connectivity index (χ4n) is 3.90. The van der Waals surface area contributed by atoms with Gasteiger partial charge in [0.15, 0.2) is 0 Å². The fourth-order valence-corrected chi connectivity index (χ4v) is 4.08. The van der Waals surface area contributed by atoms with Gasteiger partial charge >= 0.3 is 0 Å². The molecular formula is C21H28ClN3O3. The van der Waals surface area contributed by atoms with E-state index in [4.69, 9.17) is 11.6 Å². The lowest BCUT2D eigenvalue weighted by molar-refractivity contribution is -0.142. The third kappa shape index (κ3) is 4.85. The largest absolute Gasteiger partial charge is 0.333 e. The number of rotatable bonds is 7. The van der Waals surface area contributed by atoms with Crippen LogP contribution in [0.1, 0.15) is 45.4 Å². The zero-order valence-electron chi connectivity index (χ0n) is 16.4. The zero-order valence-corrected chi connectivity index (χ0v) is 17.2. The van der Waals surface area contributed by atoms with E-state index in [-0.39, 0.29) is 43.4 Å². The van der Waals surface area contributed by atoms with Crippen LogP contribution in [0.4, 0.5) is 5.69 Å². The molecule has 2 aliphatic rings. The van der Waals surface area contributed by atoms with E-state index in [1.54, 1.807) is 34.1 Å². The summed E-state index contributed by atoms with van der Waals surface area (Å²) in [7, 11) is 0. The zero-order chi connectivity index (χ0) is 20.1. The van der Waals surface area contributed by atoms with E-state index in [2.05, 4.69) is 6.92 Å². The van der Waals surface area contributed by atoms with Crippen LogP contribution in [-0.2, 0) is 14.4 Å². The van der Waals surface area contributed by atoms with Crippen molar-refractivity contribution in [2.45, 2.75) is 45.4 Å². The average Bonchev–Trinajstić information content (AvgIpc) is 3.34. The van der Waals surface area contributed by atoms with Crippen molar-refractivity contribution in [2.24, 2.45) is 5.92 Å². The summed E-state index contributed by atoms with van der Waals surface area (Å²) >= 11 is 6.02. The Morgan fingerprint density at radius 2 is 2.00 bits per heavy atom. The smallest absolute Gasteiger partial charge is 0.248 e. The first-order valence-electron chi connectivity index (χ1n) is 10.1. The molecule has 1 saturated carbocycles. The average molecular weight is 406 g/mol. The molecule has 0 atom stereocenters. The van der Waals surface area contributed by atoms with Gasteiger partial charge in [-0.3, -0.25) is 19.3 Å². The van der Waals surface area contributed by atoms with Gasteiger partial charge in [-0.25, -0.2) is 0 Å². The molecule has 1 aliphatic heterocycles. The maximum absolute atomic E-state index is 12.9.